The van der Waals surface area contributed by atoms with Gasteiger partial charge >= 0.3 is 0 Å². The Morgan fingerprint density at radius 2 is 2.33 bits per heavy atom. The number of aromatic nitrogens is 1. The van der Waals surface area contributed by atoms with Crippen molar-refractivity contribution in [1.82, 2.24) is 10.3 Å². The van der Waals surface area contributed by atoms with Crippen LogP contribution in [0, 0.1) is 6.92 Å². The lowest BCUT2D eigenvalue weighted by Crippen LogP contribution is -2.30. The molecule has 5 heteroatoms. The first-order valence-electron chi connectivity index (χ1n) is 7.24. The molecule has 0 amide bonds. The maximum Gasteiger partial charge on any atom is 0.181 e. The van der Waals surface area contributed by atoms with Crippen LogP contribution in [0.1, 0.15) is 24.0 Å². The highest BCUT2D eigenvalue weighted by atomic mass is 79.9. The molecule has 0 aliphatic carbocycles. The van der Waals surface area contributed by atoms with Gasteiger partial charge in [0, 0.05) is 16.1 Å². The van der Waals surface area contributed by atoms with E-state index in [2.05, 4.69) is 45.3 Å². The highest BCUT2D eigenvalue weighted by molar-refractivity contribution is 9.10. The monoisotopic (exact) mass is 350 g/mol. The molecule has 0 spiro atoms. The minimum atomic E-state index is -0.212. The molecule has 2 heterocycles. The lowest BCUT2D eigenvalue weighted by molar-refractivity contribution is 0.155. The molecule has 112 valence electrons. The Kier molecular flexibility index (Phi) is 4.42. The first-order chi connectivity index (χ1) is 10.1. The Morgan fingerprint density at radius 1 is 1.48 bits per heavy atom. The molecule has 2 atom stereocenters. The SMILES string of the molecule is Cc1cc(CCC2NCC[C@H]2O)cc(-c2cocn2)c1Br. The molecule has 3 rings (SSSR count). The zero-order valence-corrected chi connectivity index (χ0v) is 13.6. The van der Waals surface area contributed by atoms with Crippen molar-refractivity contribution in [2.24, 2.45) is 0 Å². The summed E-state index contributed by atoms with van der Waals surface area (Å²) in [5.74, 6) is 0. The van der Waals surface area contributed by atoms with Crippen LogP contribution in [0.5, 0.6) is 0 Å². The van der Waals surface area contributed by atoms with Gasteiger partial charge in [-0.2, -0.15) is 0 Å². The zero-order valence-electron chi connectivity index (χ0n) is 12.0. The van der Waals surface area contributed by atoms with Crippen molar-refractivity contribution in [3.8, 4) is 11.3 Å². The van der Waals surface area contributed by atoms with E-state index >= 15 is 0 Å². The molecule has 1 saturated heterocycles. The van der Waals surface area contributed by atoms with Crippen LogP contribution in [0.3, 0.4) is 0 Å². The van der Waals surface area contributed by atoms with E-state index in [0.717, 1.165) is 41.5 Å². The molecule has 2 N–H and O–H groups in total. The van der Waals surface area contributed by atoms with E-state index < -0.39 is 0 Å². The molecule has 0 radical (unpaired) electrons. The summed E-state index contributed by atoms with van der Waals surface area (Å²) in [6, 6.07) is 4.55. The van der Waals surface area contributed by atoms with Crippen molar-refractivity contribution >= 4 is 15.9 Å². The van der Waals surface area contributed by atoms with Gasteiger partial charge < -0.3 is 14.8 Å². The van der Waals surface area contributed by atoms with Gasteiger partial charge in [0.05, 0.1) is 6.10 Å². The molecule has 2 aromatic rings. The van der Waals surface area contributed by atoms with Gasteiger partial charge in [-0.25, -0.2) is 4.98 Å². The molecule has 1 fully saturated rings. The van der Waals surface area contributed by atoms with Crippen LogP contribution in [-0.2, 0) is 6.42 Å². The summed E-state index contributed by atoms with van der Waals surface area (Å²) in [5.41, 5.74) is 4.34. The van der Waals surface area contributed by atoms with Crippen LogP contribution < -0.4 is 5.32 Å². The maximum absolute atomic E-state index is 9.88. The first-order valence-corrected chi connectivity index (χ1v) is 8.03. The van der Waals surface area contributed by atoms with Gasteiger partial charge in [0.2, 0.25) is 0 Å². The number of aliphatic hydroxyl groups excluding tert-OH is 1. The van der Waals surface area contributed by atoms with Crippen molar-refractivity contribution in [2.45, 2.75) is 38.3 Å². The summed E-state index contributed by atoms with van der Waals surface area (Å²) < 4.78 is 6.14. The smallest absolute Gasteiger partial charge is 0.181 e. The van der Waals surface area contributed by atoms with Crippen LogP contribution in [-0.4, -0.2) is 28.8 Å². The topological polar surface area (TPSA) is 58.3 Å². The lowest BCUT2D eigenvalue weighted by Gasteiger charge is -2.15. The van der Waals surface area contributed by atoms with Crippen LogP contribution in [0.4, 0.5) is 0 Å². The third-order valence-corrected chi connectivity index (χ3v) is 5.13. The summed E-state index contributed by atoms with van der Waals surface area (Å²) in [7, 11) is 0. The number of aryl methyl sites for hydroxylation is 2. The summed E-state index contributed by atoms with van der Waals surface area (Å²) in [5, 5.41) is 13.2. The Balaban J connectivity index is 1.79. The van der Waals surface area contributed by atoms with E-state index in [-0.39, 0.29) is 12.1 Å². The number of nitrogens with one attached hydrogen (secondary N) is 1. The van der Waals surface area contributed by atoms with Crippen LogP contribution in [0.2, 0.25) is 0 Å². The van der Waals surface area contributed by atoms with Gasteiger partial charge in [0.25, 0.3) is 0 Å². The molecule has 1 aromatic heterocycles. The fourth-order valence-corrected chi connectivity index (χ4v) is 3.32. The Morgan fingerprint density at radius 3 is 3.00 bits per heavy atom. The van der Waals surface area contributed by atoms with E-state index in [1.54, 1.807) is 6.26 Å². The number of nitrogens with zero attached hydrogens (tertiary/aromatic N) is 1. The summed E-state index contributed by atoms with van der Waals surface area (Å²) in [6.45, 7) is 3.00. The van der Waals surface area contributed by atoms with Gasteiger partial charge in [-0.3, -0.25) is 0 Å². The van der Waals surface area contributed by atoms with E-state index in [0.29, 0.717) is 0 Å². The summed E-state index contributed by atoms with van der Waals surface area (Å²) >= 11 is 3.63. The normalized spacial score (nSPS) is 21.9. The Labute approximate surface area is 132 Å². The van der Waals surface area contributed by atoms with Gasteiger partial charge in [-0.1, -0.05) is 6.07 Å². The average molecular weight is 351 g/mol. The van der Waals surface area contributed by atoms with E-state index in [1.165, 1.54) is 17.5 Å². The van der Waals surface area contributed by atoms with Gasteiger partial charge in [-0.05, 0) is 65.9 Å². The minimum Gasteiger partial charge on any atom is -0.451 e. The molecule has 0 bridgehead atoms. The number of hydrogen-bond acceptors (Lipinski definition) is 4. The van der Waals surface area contributed by atoms with E-state index in [1.807, 2.05) is 0 Å². The van der Waals surface area contributed by atoms with E-state index in [9.17, 15) is 5.11 Å². The summed E-state index contributed by atoms with van der Waals surface area (Å²) in [4.78, 5) is 4.23. The fourth-order valence-electron chi connectivity index (χ4n) is 2.89. The molecule has 0 saturated carbocycles. The third-order valence-electron chi connectivity index (χ3n) is 4.08. The Bertz CT molecular complexity index is 613. The molecule has 1 unspecified atom stereocenters. The average Bonchev–Trinajstić information content (AvgIpc) is 3.11. The van der Waals surface area contributed by atoms with Gasteiger partial charge in [-0.15, -0.1) is 0 Å². The van der Waals surface area contributed by atoms with Crippen molar-refractivity contribution in [3.63, 3.8) is 0 Å². The minimum absolute atomic E-state index is 0.212. The van der Waals surface area contributed by atoms with Crippen LogP contribution in [0.15, 0.2) is 33.7 Å². The largest absolute Gasteiger partial charge is 0.451 e. The number of halogens is 1. The lowest BCUT2D eigenvalue weighted by atomic mass is 9.98. The van der Waals surface area contributed by atoms with Gasteiger partial charge in [0.15, 0.2) is 6.39 Å². The third kappa shape index (κ3) is 3.20. The molecular weight excluding hydrogens is 332 g/mol. The van der Waals surface area contributed by atoms with Crippen molar-refractivity contribution < 1.29 is 9.52 Å². The highest BCUT2D eigenvalue weighted by Gasteiger charge is 2.24. The van der Waals surface area contributed by atoms with Crippen LogP contribution in [0.25, 0.3) is 11.3 Å². The fraction of sp³-hybridized carbons (Fsp3) is 0.438. The van der Waals surface area contributed by atoms with Crippen molar-refractivity contribution in [2.75, 3.05) is 6.54 Å². The van der Waals surface area contributed by atoms with Crippen molar-refractivity contribution in [1.29, 1.82) is 0 Å². The maximum atomic E-state index is 9.88. The standard InChI is InChI=1S/C16H19BrN2O2/c1-10-6-11(2-3-13-15(20)4-5-18-13)7-12(16(10)17)14-8-21-9-19-14/h6-9,13,15,18,20H,2-5H2,1H3/t13?,15-/m1/s1. The predicted molar refractivity (Wildman–Crippen MR) is 85.1 cm³/mol. The second-order valence-corrected chi connectivity index (χ2v) is 6.40. The second kappa shape index (κ2) is 6.30. The van der Waals surface area contributed by atoms with Crippen molar-refractivity contribution in [3.05, 3.63) is 40.4 Å². The zero-order chi connectivity index (χ0) is 14.8. The molecule has 21 heavy (non-hydrogen) atoms. The highest BCUT2D eigenvalue weighted by Crippen LogP contribution is 2.32. The summed E-state index contributed by atoms with van der Waals surface area (Å²) in [6.07, 6.45) is 5.63. The first kappa shape index (κ1) is 14.8. The quantitative estimate of drug-likeness (QED) is 0.889. The molecule has 1 aliphatic heterocycles. The van der Waals surface area contributed by atoms with E-state index in [4.69, 9.17) is 4.42 Å². The molecule has 4 nitrogen and oxygen atoms in total. The molecular formula is C16H19BrN2O2. The number of aliphatic hydroxyl groups is 1. The van der Waals surface area contributed by atoms with Crippen LogP contribution >= 0.6 is 15.9 Å². The predicted octanol–water partition coefficient (Wildman–Crippen LogP) is 3.07. The molecule has 1 aromatic carbocycles. The number of hydrogen-bond donors (Lipinski definition) is 2. The number of oxazole rings is 1. The van der Waals surface area contributed by atoms with Gasteiger partial charge in [0.1, 0.15) is 12.0 Å². The molecule has 1 aliphatic rings. The second-order valence-electron chi connectivity index (χ2n) is 5.60. The Hall–Kier alpha value is -1.17. The number of benzene rings is 1. The number of rotatable bonds is 4.